The van der Waals surface area contributed by atoms with Crippen LogP contribution in [0.25, 0.3) is 0 Å². The Hall–Kier alpha value is -1.58. The maximum atomic E-state index is 13.7. The molecule has 1 aromatic rings. The molecule has 1 aromatic carbocycles. The lowest BCUT2D eigenvalue weighted by Gasteiger charge is -2.25. The molecule has 0 bridgehead atoms. The van der Waals surface area contributed by atoms with Crippen molar-refractivity contribution in [3.63, 3.8) is 0 Å². The monoisotopic (exact) mass is 225 g/mol. The molecule has 2 rings (SSSR count). The van der Waals surface area contributed by atoms with E-state index < -0.39 is 18.0 Å². The highest BCUT2D eigenvalue weighted by atomic mass is 19.1. The van der Waals surface area contributed by atoms with Crippen LogP contribution in [0.4, 0.5) is 8.78 Å². The number of methoxy groups -OCH3 is 1. The first kappa shape index (κ1) is 10.9. The van der Waals surface area contributed by atoms with Crippen molar-refractivity contribution in [1.82, 2.24) is 4.90 Å². The molecule has 1 aliphatic rings. The molecule has 1 heterocycles. The van der Waals surface area contributed by atoms with Gasteiger partial charge in [0.15, 0.2) is 0 Å². The average Bonchev–Trinajstić information content (AvgIpc) is 2.59. The molecule has 4 heteroatoms. The molecule has 0 saturated carbocycles. The molecule has 0 amide bonds. The Morgan fingerprint density at radius 1 is 1.38 bits per heavy atom. The quantitative estimate of drug-likeness (QED) is 0.767. The summed E-state index contributed by atoms with van der Waals surface area (Å²) in [4.78, 5) is 1.64. The third kappa shape index (κ3) is 1.64. The summed E-state index contributed by atoms with van der Waals surface area (Å²) in [5.41, 5.74) is 0.269. The van der Waals surface area contributed by atoms with E-state index in [1.165, 1.54) is 19.3 Å². The van der Waals surface area contributed by atoms with E-state index in [0.29, 0.717) is 5.75 Å². The van der Waals surface area contributed by atoms with Crippen LogP contribution in [0.5, 0.6) is 5.75 Å². The van der Waals surface area contributed by atoms with Gasteiger partial charge in [-0.05, 0) is 24.4 Å². The summed E-state index contributed by atoms with van der Waals surface area (Å²) in [5, 5.41) is 0. The Labute approximate surface area is 93.1 Å². The van der Waals surface area contributed by atoms with E-state index in [4.69, 9.17) is 4.74 Å². The smallest absolute Gasteiger partial charge is 0.145 e. The molecular formula is C12H13F2NO. The van der Waals surface area contributed by atoms with Crippen LogP contribution in [0.2, 0.25) is 0 Å². The van der Waals surface area contributed by atoms with Gasteiger partial charge >= 0.3 is 0 Å². The van der Waals surface area contributed by atoms with Crippen LogP contribution >= 0.6 is 0 Å². The summed E-state index contributed by atoms with van der Waals surface area (Å²) in [7, 11) is 3.17. The molecule has 0 radical (unpaired) electrons. The van der Waals surface area contributed by atoms with Gasteiger partial charge in [-0.2, -0.15) is 0 Å². The lowest BCUT2D eigenvalue weighted by atomic mass is 10.0. The van der Waals surface area contributed by atoms with Gasteiger partial charge in [-0.3, -0.25) is 0 Å². The first-order valence-electron chi connectivity index (χ1n) is 5.02. The van der Waals surface area contributed by atoms with E-state index in [1.807, 2.05) is 0 Å². The number of alkyl halides is 1. The molecule has 2 atom stereocenters. The number of hydrogen-bond donors (Lipinski definition) is 0. The third-order valence-corrected chi connectivity index (χ3v) is 2.77. The van der Waals surface area contributed by atoms with Crippen LogP contribution in [-0.4, -0.2) is 25.2 Å². The highest BCUT2D eigenvalue weighted by Gasteiger charge is 2.32. The van der Waals surface area contributed by atoms with Gasteiger partial charge in [-0.15, -0.1) is 0 Å². The van der Waals surface area contributed by atoms with Crippen LogP contribution in [-0.2, 0) is 0 Å². The lowest BCUT2D eigenvalue weighted by molar-refractivity contribution is 0.232. The van der Waals surface area contributed by atoms with Gasteiger partial charge in [-0.1, -0.05) is 6.07 Å². The van der Waals surface area contributed by atoms with E-state index in [-0.39, 0.29) is 5.56 Å². The van der Waals surface area contributed by atoms with Crippen LogP contribution < -0.4 is 4.74 Å². The predicted molar refractivity (Wildman–Crippen MR) is 57.5 cm³/mol. The van der Waals surface area contributed by atoms with Crippen LogP contribution in [0.3, 0.4) is 0 Å². The van der Waals surface area contributed by atoms with Gasteiger partial charge in [-0.25, -0.2) is 8.78 Å². The number of halogens is 2. The number of benzene rings is 1. The minimum atomic E-state index is -1.21. The fraction of sp³-hybridized carbons (Fsp3) is 0.333. The van der Waals surface area contributed by atoms with E-state index >= 15 is 0 Å². The highest BCUT2D eigenvalue weighted by Crippen LogP contribution is 2.37. The van der Waals surface area contributed by atoms with Gasteiger partial charge in [0.1, 0.15) is 17.7 Å². The Balaban J connectivity index is 2.47. The van der Waals surface area contributed by atoms with Crippen LogP contribution in [0.15, 0.2) is 30.5 Å². The molecule has 86 valence electrons. The second-order valence-electron chi connectivity index (χ2n) is 3.75. The first-order chi connectivity index (χ1) is 7.65. The number of ether oxygens (including phenoxy) is 1. The van der Waals surface area contributed by atoms with Crippen molar-refractivity contribution >= 4 is 0 Å². The molecule has 16 heavy (non-hydrogen) atoms. The highest BCUT2D eigenvalue weighted by molar-refractivity contribution is 5.39. The predicted octanol–water partition coefficient (Wildman–Crippen LogP) is 2.67. The second kappa shape index (κ2) is 4.12. The molecule has 1 unspecified atom stereocenters. The number of hydrogen-bond acceptors (Lipinski definition) is 2. The lowest BCUT2D eigenvalue weighted by Crippen LogP contribution is -2.22. The molecule has 0 fully saturated rings. The average molecular weight is 225 g/mol. The van der Waals surface area contributed by atoms with E-state index in [2.05, 4.69) is 0 Å². The maximum absolute atomic E-state index is 13.7. The van der Waals surface area contributed by atoms with Crippen molar-refractivity contribution in [2.75, 3.05) is 14.2 Å². The number of nitrogens with zero attached hydrogens (tertiary/aromatic N) is 1. The van der Waals surface area contributed by atoms with Gasteiger partial charge in [0.2, 0.25) is 0 Å². The van der Waals surface area contributed by atoms with Crippen molar-refractivity contribution in [2.24, 2.45) is 0 Å². The molecule has 2 nitrogen and oxygen atoms in total. The van der Waals surface area contributed by atoms with Gasteiger partial charge in [0, 0.05) is 7.05 Å². The summed E-state index contributed by atoms with van der Waals surface area (Å²) in [6, 6.07) is 3.86. The Bertz CT molecular complexity index is 407. The van der Waals surface area contributed by atoms with Crippen LogP contribution in [0.1, 0.15) is 11.6 Å². The maximum Gasteiger partial charge on any atom is 0.145 e. The Morgan fingerprint density at radius 3 is 2.69 bits per heavy atom. The second-order valence-corrected chi connectivity index (χ2v) is 3.75. The zero-order valence-electron chi connectivity index (χ0n) is 9.15. The zero-order chi connectivity index (χ0) is 11.7. The first-order valence-corrected chi connectivity index (χ1v) is 5.02. The van der Waals surface area contributed by atoms with Crippen LogP contribution in [0, 0.1) is 5.82 Å². The van der Waals surface area contributed by atoms with E-state index in [0.717, 1.165) is 0 Å². The summed E-state index contributed by atoms with van der Waals surface area (Å²) in [5.74, 6) is -0.0641. The molecule has 1 aliphatic heterocycles. The Morgan fingerprint density at radius 2 is 2.12 bits per heavy atom. The van der Waals surface area contributed by atoms with Crippen molar-refractivity contribution in [1.29, 1.82) is 0 Å². The summed E-state index contributed by atoms with van der Waals surface area (Å²) >= 11 is 0. The SMILES string of the molecule is COc1cccc(F)c1C1[C@@H](F)C=CN1C. The van der Waals surface area contributed by atoms with Crippen molar-refractivity contribution in [3.8, 4) is 5.75 Å². The van der Waals surface area contributed by atoms with Crippen molar-refractivity contribution in [2.45, 2.75) is 12.2 Å². The summed E-state index contributed by atoms with van der Waals surface area (Å²) in [6.45, 7) is 0. The van der Waals surface area contributed by atoms with Gasteiger partial charge < -0.3 is 9.64 Å². The summed E-state index contributed by atoms with van der Waals surface area (Å²) < 4.78 is 32.5. The molecule has 0 saturated heterocycles. The fourth-order valence-corrected chi connectivity index (χ4v) is 1.99. The standard InChI is InChI=1S/C12H13F2NO/c1-15-7-6-9(14)12(15)11-8(13)4-3-5-10(11)16-2/h3-7,9,12H,1-2H3/t9-,12?/m0/s1. The third-order valence-electron chi connectivity index (χ3n) is 2.77. The molecule has 0 spiro atoms. The fourth-order valence-electron chi connectivity index (χ4n) is 1.99. The van der Waals surface area contributed by atoms with Crippen molar-refractivity contribution < 1.29 is 13.5 Å². The molecular weight excluding hydrogens is 212 g/mol. The molecule has 0 N–H and O–H groups in total. The number of rotatable bonds is 2. The van der Waals surface area contributed by atoms with Crippen molar-refractivity contribution in [3.05, 3.63) is 41.9 Å². The molecule has 0 aliphatic carbocycles. The molecule has 0 aromatic heterocycles. The topological polar surface area (TPSA) is 12.5 Å². The largest absolute Gasteiger partial charge is 0.496 e. The minimum absolute atomic E-state index is 0.269. The van der Waals surface area contributed by atoms with E-state index in [1.54, 1.807) is 30.3 Å². The zero-order valence-corrected chi connectivity index (χ0v) is 9.15. The Kier molecular flexibility index (Phi) is 2.81. The summed E-state index contributed by atoms with van der Waals surface area (Å²) in [6.07, 6.45) is 1.81. The van der Waals surface area contributed by atoms with E-state index in [9.17, 15) is 8.78 Å². The van der Waals surface area contributed by atoms with Gasteiger partial charge in [0.25, 0.3) is 0 Å². The normalized spacial score (nSPS) is 23.9. The van der Waals surface area contributed by atoms with Gasteiger partial charge in [0.05, 0.1) is 18.7 Å². The minimum Gasteiger partial charge on any atom is -0.496 e.